The van der Waals surface area contributed by atoms with E-state index < -0.39 is 0 Å². The average molecular weight is 198 g/mol. The van der Waals surface area contributed by atoms with Gasteiger partial charge in [0.15, 0.2) is 10.6 Å². The molecule has 0 atom stereocenters. The van der Waals surface area contributed by atoms with Gasteiger partial charge in [-0.2, -0.15) is 4.98 Å². The second-order valence-electron chi connectivity index (χ2n) is 2.32. The Labute approximate surface area is 77.6 Å². The summed E-state index contributed by atoms with van der Waals surface area (Å²) in [4.78, 5) is 3.83. The zero-order valence-corrected chi connectivity index (χ0v) is 7.28. The van der Waals surface area contributed by atoms with Crippen molar-refractivity contribution < 1.29 is 4.52 Å². The van der Waals surface area contributed by atoms with Gasteiger partial charge in [0.1, 0.15) is 0 Å². The Balaban J connectivity index is 2.33. The lowest BCUT2D eigenvalue weighted by atomic mass is 10.6. The molecule has 0 fully saturated rings. The molecule has 0 aliphatic carbocycles. The van der Waals surface area contributed by atoms with Crippen LogP contribution in [0.25, 0.3) is 0 Å². The van der Waals surface area contributed by atoms with Crippen LogP contribution >= 0.6 is 12.2 Å². The average Bonchev–Trinajstić information content (AvgIpc) is 2.70. The summed E-state index contributed by atoms with van der Waals surface area (Å²) in [5.41, 5.74) is 5.53. The molecular weight excluding hydrogens is 192 g/mol. The van der Waals surface area contributed by atoms with Crippen LogP contribution in [0.3, 0.4) is 0 Å². The van der Waals surface area contributed by atoms with Crippen LogP contribution < -0.4 is 5.73 Å². The summed E-state index contributed by atoms with van der Waals surface area (Å²) in [6.45, 7) is 0.359. The Hall–Kier alpha value is -1.70. The highest BCUT2D eigenvalue weighted by Gasteiger charge is 2.05. The maximum Gasteiger partial charge on any atom is 0.220 e. The summed E-state index contributed by atoms with van der Waals surface area (Å²) in [7, 11) is 0. The zero-order valence-electron chi connectivity index (χ0n) is 6.47. The number of hydrogen-bond acceptors (Lipinski definition) is 6. The Morgan fingerprint density at radius 3 is 3.08 bits per heavy atom. The number of nitrogens with one attached hydrogen (secondary N) is 1. The van der Waals surface area contributed by atoms with E-state index in [2.05, 4.69) is 24.9 Å². The van der Waals surface area contributed by atoms with Crippen molar-refractivity contribution in [3.05, 3.63) is 17.0 Å². The summed E-state index contributed by atoms with van der Waals surface area (Å²) in [5, 5.41) is 9.91. The molecule has 0 unspecified atom stereocenters. The number of rotatable bonds is 2. The molecule has 0 radical (unpaired) electrons. The van der Waals surface area contributed by atoms with E-state index in [0.29, 0.717) is 23.1 Å². The predicted molar refractivity (Wildman–Crippen MR) is 45.2 cm³/mol. The van der Waals surface area contributed by atoms with Gasteiger partial charge in [-0.25, -0.2) is 5.10 Å². The summed E-state index contributed by atoms with van der Waals surface area (Å²) in [6.07, 6.45) is 1.25. The first kappa shape index (κ1) is 7.92. The van der Waals surface area contributed by atoms with E-state index in [-0.39, 0.29) is 0 Å². The third-order valence-electron chi connectivity index (χ3n) is 1.49. The number of nitrogens with two attached hydrogens (primary N) is 1. The van der Waals surface area contributed by atoms with Crippen LogP contribution in [0, 0.1) is 4.77 Å². The minimum absolute atomic E-state index is 0.301. The molecule has 0 aromatic carbocycles. The first-order valence-electron chi connectivity index (χ1n) is 3.43. The molecule has 8 heteroatoms. The number of nitrogens with zero attached hydrogens (tertiary/aromatic N) is 4. The van der Waals surface area contributed by atoms with Crippen LogP contribution in [0.4, 0.5) is 5.95 Å². The van der Waals surface area contributed by atoms with Gasteiger partial charge in [0.25, 0.3) is 0 Å². The van der Waals surface area contributed by atoms with Gasteiger partial charge in [0, 0.05) is 0 Å². The molecule has 0 saturated carbocycles. The van der Waals surface area contributed by atoms with Crippen LogP contribution in [-0.4, -0.2) is 24.9 Å². The lowest BCUT2D eigenvalue weighted by Gasteiger charge is -1.97. The molecule has 0 bridgehead atoms. The molecule has 3 N–H and O–H groups in total. The molecular formula is C5H6N6OS. The van der Waals surface area contributed by atoms with E-state index in [1.165, 1.54) is 6.39 Å². The van der Waals surface area contributed by atoms with Crippen molar-refractivity contribution >= 4 is 18.2 Å². The first-order valence-corrected chi connectivity index (χ1v) is 3.84. The van der Waals surface area contributed by atoms with Crippen molar-refractivity contribution in [2.24, 2.45) is 0 Å². The van der Waals surface area contributed by atoms with Gasteiger partial charge in [-0.05, 0) is 12.2 Å². The van der Waals surface area contributed by atoms with Crippen molar-refractivity contribution in [2.45, 2.75) is 6.54 Å². The quantitative estimate of drug-likeness (QED) is 0.656. The monoisotopic (exact) mass is 198 g/mol. The van der Waals surface area contributed by atoms with Gasteiger partial charge in [-0.3, -0.25) is 4.57 Å². The lowest BCUT2D eigenvalue weighted by Crippen LogP contribution is -2.05. The Bertz CT molecular complexity index is 442. The molecule has 13 heavy (non-hydrogen) atoms. The normalized spacial score (nSPS) is 10.5. The number of aromatic amines is 1. The van der Waals surface area contributed by atoms with Crippen LogP contribution in [0.2, 0.25) is 0 Å². The number of aromatic nitrogens is 5. The summed E-state index contributed by atoms with van der Waals surface area (Å²) < 4.78 is 6.57. The molecule has 0 aliphatic rings. The molecule has 2 rings (SSSR count). The third kappa shape index (κ3) is 1.43. The minimum atomic E-state index is 0.301. The molecule has 0 aliphatic heterocycles. The minimum Gasteiger partial charge on any atom is -0.368 e. The van der Waals surface area contributed by atoms with E-state index >= 15 is 0 Å². The van der Waals surface area contributed by atoms with Gasteiger partial charge in [0.05, 0.1) is 6.54 Å². The molecule has 0 amide bonds. The largest absolute Gasteiger partial charge is 0.368 e. The van der Waals surface area contributed by atoms with Crippen molar-refractivity contribution in [1.29, 1.82) is 0 Å². The first-order chi connectivity index (χ1) is 6.27. The van der Waals surface area contributed by atoms with Gasteiger partial charge >= 0.3 is 0 Å². The van der Waals surface area contributed by atoms with Crippen molar-refractivity contribution in [2.75, 3.05) is 5.73 Å². The van der Waals surface area contributed by atoms with Crippen LogP contribution in [0.15, 0.2) is 10.9 Å². The van der Waals surface area contributed by atoms with Crippen LogP contribution in [0.1, 0.15) is 5.82 Å². The van der Waals surface area contributed by atoms with Crippen molar-refractivity contribution in [1.82, 2.24) is 24.9 Å². The molecule has 2 heterocycles. The third-order valence-corrected chi connectivity index (χ3v) is 1.81. The smallest absolute Gasteiger partial charge is 0.220 e. The SMILES string of the molecule is Nc1n[nH]c(=S)n1Cc1ncon1. The fourth-order valence-electron chi connectivity index (χ4n) is 0.886. The van der Waals surface area contributed by atoms with Gasteiger partial charge < -0.3 is 10.3 Å². The Kier molecular flexibility index (Phi) is 1.81. The second-order valence-corrected chi connectivity index (χ2v) is 2.71. The highest BCUT2D eigenvalue weighted by molar-refractivity contribution is 7.71. The highest BCUT2D eigenvalue weighted by Crippen LogP contribution is 2.01. The van der Waals surface area contributed by atoms with E-state index in [1.54, 1.807) is 4.57 Å². The fourth-order valence-corrected chi connectivity index (χ4v) is 1.09. The number of nitrogen functional groups attached to an aromatic ring is 1. The van der Waals surface area contributed by atoms with E-state index in [9.17, 15) is 0 Å². The Morgan fingerprint density at radius 2 is 2.54 bits per heavy atom. The Morgan fingerprint density at radius 1 is 1.69 bits per heavy atom. The summed E-state index contributed by atoms with van der Waals surface area (Å²) >= 11 is 4.92. The topological polar surface area (TPSA) is 98.5 Å². The van der Waals surface area contributed by atoms with Crippen molar-refractivity contribution in [3.63, 3.8) is 0 Å². The molecule has 2 aromatic rings. The number of anilines is 1. The number of hydrogen-bond donors (Lipinski definition) is 2. The van der Waals surface area contributed by atoms with Gasteiger partial charge in [-0.1, -0.05) is 5.16 Å². The zero-order chi connectivity index (χ0) is 9.26. The molecule has 2 aromatic heterocycles. The molecule has 0 saturated heterocycles. The van der Waals surface area contributed by atoms with Crippen molar-refractivity contribution in [3.8, 4) is 0 Å². The second kappa shape index (κ2) is 2.98. The van der Waals surface area contributed by atoms with Gasteiger partial charge in [0.2, 0.25) is 12.3 Å². The number of H-pyrrole nitrogens is 1. The maximum atomic E-state index is 5.53. The summed E-state index contributed by atoms with van der Waals surface area (Å²) in [5.74, 6) is 0.805. The standard InChI is InChI=1S/C5H6N6OS/c6-4-8-9-5(13)11(4)1-3-7-2-12-10-3/h2H,1H2,(H2,6,8)(H,9,13). The lowest BCUT2D eigenvalue weighted by molar-refractivity contribution is 0.408. The fraction of sp³-hybridized carbons (Fsp3) is 0.200. The predicted octanol–water partition coefficient (Wildman–Crippen LogP) is -0.0458. The molecule has 7 nitrogen and oxygen atoms in total. The summed E-state index contributed by atoms with van der Waals surface area (Å²) in [6, 6.07) is 0. The van der Waals surface area contributed by atoms with Crippen LogP contribution in [0.5, 0.6) is 0 Å². The van der Waals surface area contributed by atoms with E-state index in [1.807, 2.05) is 0 Å². The maximum absolute atomic E-state index is 5.53. The van der Waals surface area contributed by atoms with E-state index in [4.69, 9.17) is 18.0 Å². The van der Waals surface area contributed by atoms with Crippen LogP contribution in [-0.2, 0) is 6.54 Å². The van der Waals surface area contributed by atoms with E-state index in [0.717, 1.165) is 0 Å². The molecule has 68 valence electrons. The highest BCUT2D eigenvalue weighted by atomic mass is 32.1. The van der Waals surface area contributed by atoms with Gasteiger partial charge in [-0.15, -0.1) is 5.10 Å². The molecule has 0 spiro atoms.